The maximum absolute atomic E-state index is 12.4. The van der Waals surface area contributed by atoms with Crippen molar-refractivity contribution in [1.29, 1.82) is 0 Å². The van der Waals surface area contributed by atoms with E-state index in [1.165, 1.54) is 6.20 Å². The Morgan fingerprint density at radius 1 is 1.50 bits per heavy atom. The molecule has 1 fully saturated rings. The summed E-state index contributed by atoms with van der Waals surface area (Å²) < 4.78 is 37.3. The summed E-state index contributed by atoms with van der Waals surface area (Å²) in [7, 11) is 0. The number of hydrogen-bond donors (Lipinski definition) is 2. The van der Waals surface area contributed by atoms with Gasteiger partial charge in [-0.3, -0.25) is 10.4 Å². The van der Waals surface area contributed by atoms with E-state index in [9.17, 15) is 13.2 Å². The van der Waals surface area contributed by atoms with E-state index in [0.29, 0.717) is 5.69 Å². The predicted octanol–water partition coefficient (Wildman–Crippen LogP) is 1.59. The summed E-state index contributed by atoms with van der Waals surface area (Å²) in [5, 5.41) is 8.78. The summed E-state index contributed by atoms with van der Waals surface area (Å²) in [6, 6.07) is 1.65. The molecular weight excluding hydrogens is 195 g/mol. The van der Waals surface area contributed by atoms with Crippen molar-refractivity contribution in [2.24, 2.45) is 0 Å². The molecular formula is C8H10F3N3. The molecule has 1 aliphatic carbocycles. The molecule has 0 aliphatic heterocycles. The number of nitrogens with zero attached hydrogens (tertiary/aromatic N) is 1. The van der Waals surface area contributed by atoms with Gasteiger partial charge in [0.05, 0.1) is 0 Å². The Bertz CT molecular complexity index is 300. The van der Waals surface area contributed by atoms with Gasteiger partial charge in [0.15, 0.2) is 0 Å². The lowest BCUT2D eigenvalue weighted by Crippen LogP contribution is -2.44. The minimum Gasteiger partial charge on any atom is -0.298 e. The molecule has 14 heavy (non-hydrogen) atoms. The number of alkyl halides is 3. The first kappa shape index (κ1) is 9.51. The van der Waals surface area contributed by atoms with Crippen molar-refractivity contribution < 1.29 is 13.2 Å². The lowest BCUT2D eigenvalue weighted by molar-refractivity contribution is -0.166. The van der Waals surface area contributed by atoms with Crippen LogP contribution >= 0.6 is 0 Å². The van der Waals surface area contributed by atoms with E-state index in [1.54, 1.807) is 6.07 Å². The number of H-pyrrole nitrogens is 1. The number of aromatic nitrogens is 2. The molecule has 6 heteroatoms. The van der Waals surface area contributed by atoms with Gasteiger partial charge in [0, 0.05) is 18.4 Å². The number of nitrogens with one attached hydrogen (secondary N) is 2. The minimum atomic E-state index is -4.15. The van der Waals surface area contributed by atoms with Crippen molar-refractivity contribution in [1.82, 2.24) is 15.5 Å². The molecule has 0 saturated heterocycles. The molecule has 0 unspecified atom stereocenters. The van der Waals surface area contributed by atoms with Crippen LogP contribution < -0.4 is 5.32 Å². The number of aromatic amines is 1. The van der Waals surface area contributed by atoms with Gasteiger partial charge in [0.25, 0.3) is 0 Å². The minimum absolute atomic E-state index is 0.171. The Morgan fingerprint density at radius 3 is 2.64 bits per heavy atom. The number of halogens is 3. The molecule has 1 aliphatic rings. The van der Waals surface area contributed by atoms with Gasteiger partial charge in [-0.25, -0.2) is 0 Å². The standard InChI is InChI=1S/C8H10F3N3/c9-8(10,11)7(2-3-7)12-5-6-1-4-13-14-6/h1,4,12H,2-3,5H2,(H,13,14). The van der Waals surface area contributed by atoms with Gasteiger partial charge in [-0.05, 0) is 18.9 Å². The van der Waals surface area contributed by atoms with Crippen LogP contribution in [0.3, 0.4) is 0 Å². The van der Waals surface area contributed by atoms with E-state index in [4.69, 9.17) is 0 Å². The van der Waals surface area contributed by atoms with Gasteiger partial charge in [-0.1, -0.05) is 0 Å². The van der Waals surface area contributed by atoms with Gasteiger partial charge < -0.3 is 0 Å². The van der Waals surface area contributed by atoms with Gasteiger partial charge in [0.1, 0.15) is 5.54 Å². The second-order valence-corrected chi connectivity index (χ2v) is 3.52. The molecule has 0 radical (unpaired) electrons. The van der Waals surface area contributed by atoms with Crippen molar-refractivity contribution in [2.45, 2.75) is 31.1 Å². The average Bonchev–Trinajstić information content (AvgIpc) is 2.72. The SMILES string of the molecule is FC(F)(F)C1(NCc2ccn[nH]2)CC1. The smallest absolute Gasteiger partial charge is 0.298 e. The molecule has 3 nitrogen and oxygen atoms in total. The zero-order chi connectivity index (χ0) is 10.2. The van der Waals surface area contributed by atoms with Gasteiger partial charge in [-0.15, -0.1) is 0 Å². The fourth-order valence-electron chi connectivity index (χ4n) is 1.33. The average molecular weight is 205 g/mol. The molecule has 2 rings (SSSR count). The summed E-state index contributed by atoms with van der Waals surface area (Å²) in [5.74, 6) is 0. The maximum Gasteiger partial charge on any atom is 0.406 e. The maximum atomic E-state index is 12.4. The first-order valence-corrected chi connectivity index (χ1v) is 4.33. The van der Waals surface area contributed by atoms with Gasteiger partial charge in [0.2, 0.25) is 0 Å². The molecule has 0 bridgehead atoms. The highest BCUT2D eigenvalue weighted by molar-refractivity contribution is 5.09. The van der Waals surface area contributed by atoms with Crippen LogP contribution in [0, 0.1) is 0 Å². The molecule has 1 aromatic rings. The second kappa shape index (κ2) is 2.98. The summed E-state index contributed by atoms with van der Waals surface area (Å²) >= 11 is 0. The Morgan fingerprint density at radius 2 is 2.21 bits per heavy atom. The second-order valence-electron chi connectivity index (χ2n) is 3.52. The largest absolute Gasteiger partial charge is 0.406 e. The fourth-order valence-corrected chi connectivity index (χ4v) is 1.33. The van der Waals surface area contributed by atoms with Crippen molar-refractivity contribution in [3.05, 3.63) is 18.0 Å². The van der Waals surface area contributed by atoms with Crippen LogP contribution in [0.1, 0.15) is 18.5 Å². The van der Waals surface area contributed by atoms with Gasteiger partial charge in [-0.2, -0.15) is 18.3 Å². The topological polar surface area (TPSA) is 40.7 Å². The molecule has 1 heterocycles. The normalized spacial score (nSPS) is 19.6. The van der Waals surface area contributed by atoms with E-state index in [1.807, 2.05) is 0 Å². The quantitative estimate of drug-likeness (QED) is 0.786. The Labute approximate surface area is 78.7 Å². The lowest BCUT2D eigenvalue weighted by Gasteiger charge is -2.20. The van der Waals surface area contributed by atoms with Crippen LogP contribution in [-0.4, -0.2) is 21.9 Å². The van der Waals surface area contributed by atoms with Crippen LogP contribution in [0.2, 0.25) is 0 Å². The van der Waals surface area contributed by atoms with Gasteiger partial charge >= 0.3 is 6.18 Å². The van der Waals surface area contributed by atoms with Crippen LogP contribution in [0.4, 0.5) is 13.2 Å². The lowest BCUT2D eigenvalue weighted by atomic mass is 10.2. The van der Waals surface area contributed by atoms with E-state index in [2.05, 4.69) is 15.5 Å². The molecule has 0 aromatic carbocycles. The highest BCUT2D eigenvalue weighted by Crippen LogP contribution is 2.48. The third-order valence-corrected chi connectivity index (χ3v) is 2.47. The number of rotatable bonds is 3. The van der Waals surface area contributed by atoms with Crippen LogP contribution in [-0.2, 0) is 6.54 Å². The van der Waals surface area contributed by atoms with E-state index in [0.717, 1.165) is 0 Å². The molecule has 1 aromatic heterocycles. The van der Waals surface area contributed by atoms with Crippen LogP contribution in [0.5, 0.6) is 0 Å². The summed E-state index contributed by atoms with van der Waals surface area (Å²) in [5.41, 5.74) is -0.974. The predicted molar refractivity (Wildman–Crippen MR) is 43.4 cm³/mol. The molecule has 1 saturated carbocycles. The van der Waals surface area contributed by atoms with Crippen molar-refractivity contribution in [3.63, 3.8) is 0 Å². The first-order valence-electron chi connectivity index (χ1n) is 4.33. The molecule has 0 atom stereocenters. The zero-order valence-corrected chi connectivity index (χ0v) is 7.36. The molecule has 2 N–H and O–H groups in total. The van der Waals surface area contributed by atoms with Crippen molar-refractivity contribution in [2.75, 3.05) is 0 Å². The fraction of sp³-hybridized carbons (Fsp3) is 0.625. The highest BCUT2D eigenvalue weighted by Gasteiger charge is 2.62. The number of hydrogen-bond acceptors (Lipinski definition) is 2. The van der Waals surface area contributed by atoms with E-state index < -0.39 is 11.7 Å². The first-order chi connectivity index (χ1) is 6.54. The molecule has 78 valence electrons. The monoisotopic (exact) mass is 205 g/mol. The van der Waals surface area contributed by atoms with Crippen molar-refractivity contribution >= 4 is 0 Å². The van der Waals surface area contributed by atoms with Crippen LogP contribution in [0.25, 0.3) is 0 Å². The third kappa shape index (κ3) is 1.61. The van der Waals surface area contributed by atoms with E-state index in [-0.39, 0.29) is 19.4 Å². The zero-order valence-electron chi connectivity index (χ0n) is 7.36. The third-order valence-electron chi connectivity index (χ3n) is 2.47. The highest BCUT2D eigenvalue weighted by atomic mass is 19.4. The van der Waals surface area contributed by atoms with Crippen LogP contribution in [0.15, 0.2) is 12.3 Å². The summed E-state index contributed by atoms with van der Waals surface area (Å²) in [6.45, 7) is 0.180. The Hall–Kier alpha value is -1.04. The Kier molecular flexibility index (Phi) is 2.02. The molecule has 0 amide bonds. The van der Waals surface area contributed by atoms with E-state index >= 15 is 0 Å². The summed E-state index contributed by atoms with van der Waals surface area (Å²) in [4.78, 5) is 0. The Balaban J connectivity index is 1.93. The van der Waals surface area contributed by atoms with Crippen molar-refractivity contribution in [3.8, 4) is 0 Å². The summed E-state index contributed by atoms with van der Waals surface area (Å²) in [6.07, 6.45) is -2.29. The molecule has 0 spiro atoms.